The summed E-state index contributed by atoms with van der Waals surface area (Å²) in [5, 5.41) is 5.96. The van der Waals surface area contributed by atoms with E-state index in [1.807, 2.05) is 6.07 Å². The normalized spacial score (nSPS) is 25.4. The fraction of sp³-hybridized carbons (Fsp3) is 0.579. The summed E-state index contributed by atoms with van der Waals surface area (Å²) in [5.41, 5.74) is 8.96. The third-order valence-corrected chi connectivity index (χ3v) is 5.50. The molecule has 2 amide bonds. The van der Waals surface area contributed by atoms with Gasteiger partial charge in [-0.05, 0) is 55.3 Å². The van der Waals surface area contributed by atoms with Gasteiger partial charge in [-0.25, -0.2) is 0 Å². The van der Waals surface area contributed by atoms with Crippen LogP contribution in [0.3, 0.4) is 0 Å². The second-order valence-electron chi connectivity index (χ2n) is 6.93. The van der Waals surface area contributed by atoms with Gasteiger partial charge in [0, 0.05) is 18.2 Å². The Morgan fingerprint density at radius 1 is 1.38 bits per heavy atom. The zero-order valence-electron chi connectivity index (χ0n) is 14.3. The lowest BCUT2D eigenvalue weighted by molar-refractivity contribution is -0.126. The molecule has 2 aliphatic rings. The van der Waals surface area contributed by atoms with Crippen LogP contribution in [0.1, 0.15) is 49.7 Å². The van der Waals surface area contributed by atoms with Crippen molar-refractivity contribution in [3.63, 3.8) is 0 Å². The molecule has 0 radical (unpaired) electrons. The summed E-state index contributed by atoms with van der Waals surface area (Å²) in [6.45, 7) is 3.22. The second-order valence-corrected chi connectivity index (χ2v) is 6.93. The van der Waals surface area contributed by atoms with Crippen LogP contribution in [0.5, 0.6) is 0 Å². The zero-order chi connectivity index (χ0) is 17.1. The van der Waals surface area contributed by atoms with Crippen molar-refractivity contribution in [1.82, 2.24) is 5.32 Å². The van der Waals surface area contributed by atoms with Gasteiger partial charge in [-0.1, -0.05) is 25.5 Å². The van der Waals surface area contributed by atoms with E-state index in [2.05, 4.69) is 29.7 Å². The van der Waals surface area contributed by atoms with Gasteiger partial charge in [0.25, 0.3) is 0 Å². The first-order chi connectivity index (χ1) is 11.6. The minimum Gasteiger partial charge on any atom is -0.356 e. The van der Waals surface area contributed by atoms with Gasteiger partial charge in [0.1, 0.15) is 0 Å². The Morgan fingerprint density at radius 3 is 2.96 bits per heavy atom. The molecule has 1 aromatic rings. The molecule has 1 unspecified atom stereocenters. The fourth-order valence-electron chi connectivity index (χ4n) is 4.02. The third kappa shape index (κ3) is 3.31. The van der Waals surface area contributed by atoms with Crippen molar-refractivity contribution in [1.29, 1.82) is 0 Å². The molecule has 24 heavy (non-hydrogen) atoms. The highest BCUT2D eigenvalue weighted by atomic mass is 16.2. The molecule has 0 bridgehead atoms. The van der Waals surface area contributed by atoms with Crippen LogP contribution in [0.15, 0.2) is 18.2 Å². The number of nitrogens with two attached hydrogens (primary N) is 1. The zero-order valence-corrected chi connectivity index (χ0v) is 14.3. The standard InChI is InChI=1S/C19H27N3O2/c1-2-12-6-7-17-16(10-12)15(19(24)22-17)8-9-21-18(23)14-5-3-4-13(14)11-20/h6-7,10,13-15H,2-5,8-9,11,20H2,1H3,(H,21,23)(H,22,24)/t13-,14-,15?/m1/s1. The average molecular weight is 329 g/mol. The lowest BCUT2D eigenvalue weighted by Gasteiger charge is -2.18. The molecule has 0 aromatic heterocycles. The molecular formula is C19H27N3O2. The van der Waals surface area contributed by atoms with Crippen molar-refractivity contribution < 1.29 is 9.59 Å². The summed E-state index contributed by atoms with van der Waals surface area (Å²) in [5.74, 6) is 0.330. The van der Waals surface area contributed by atoms with Gasteiger partial charge in [-0.15, -0.1) is 0 Å². The molecular weight excluding hydrogens is 302 g/mol. The quantitative estimate of drug-likeness (QED) is 0.748. The maximum Gasteiger partial charge on any atom is 0.232 e. The maximum atomic E-state index is 12.3. The lowest BCUT2D eigenvalue weighted by atomic mass is 9.94. The van der Waals surface area contributed by atoms with Crippen LogP contribution in [-0.4, -0.2) is 24.9 Å². The minimum atomic E-state index is -0.166. The molecule has 1 fully saturated rings. The number of anilines is 1. The summed E-state index contributed by atoms with van der Waals surface area (Å²) >= 11 is 0. The van der Waals surface area contributed by atoms with E-state index in [1.165, 1.54) is 5.56 Å². The number of carbonyl (C=O) groups is 2. The van der Waals surface area contributed by atoms with Crippen molar-refractivity contribution in [2.24, 2.45) is 17.6 Å². The molecule has 1 aliphatic carbocycles. The van der Waals surface area contributed by atoms with E-state index in [9.17, 15) is 9.59 Å². The third-order valence-electron chi connectivity index (χ3n) is 5.50. The Morgan fingerprint density at radius 2 is 2.21 bits per heavy atom. The predicted octanol–water partition coefficient (Wildman–Crippen LogP) is 2.17. The van der Waals surface area contributed by atoms with Crippen LogP contribution in [0.4, 0.5) is 5.69 Å². The van der Waals surface area contributed by atoms with Gasteiger partial charge in [0.05, 0.1) is 5.92 Å². The number of hydrogen-bond donors (Lipinski definition) is 3. The van der Waals surface area contributed by atoms with Crippen molar-refractivity contribution in [2.45, 2.75) is 44.9 Å². The first-order valence-corrected chi connectivity index (χ1v) is 9.05. The summed E-state index contributed by atoms with van der Waals surface area (Å²) in [6.07, 6.45) is 4.65. The summed E-state index contributed by atoms with van der Waals surface area (Å²) in [4.78, 5) is 24.6. The molecule has 1 heterocycles. The van der Waals surface area contributed by atoms with E-state index < -0.39 is 0 Å². The van der Waals surface area contributed by atoms with E-state index in [1.54, 1.807) is 0 Å². The Bertz CT molecular complexity index is 629. The van der Waals surface area contributed by atoms with E-state index in [0.717, 1.165) is 36.9 Å². The Balaban J connectivity index is 1.57. The first kappa shape index (κ1) is 17.0. The van der Waals surface area contributed by atoms with Gasteiger partial charge in [-0.2, -0.15) is 0 Å². The largest absolute Gasteiger partial charge is 0.356 e. The number of fused-ring (bicyclic) bond motifs is 1. The molecule has 130 valence electrons. The molecule has 5 nitrogen and oxygen atoms in total. The highest BCUT2D eigenvalue weighted by Crippen LogP contribution is 2.35. The van der Waals surface area contributed by atoms with E-state index in [-0.39, 0.29) is 23.7 Å². The number of amides is 2. The minimum absolute atomic E-state index is 0.0354. The molecule has 5 heteroatoms. The SMILES string of the molecule is CCc1ccc2c(c1)C(CCNC(=O)[C@@H]1CCC[C@@H]1CN)C(=O)N2. The van der Waals surface area contributed by atoms with Crippen LogP contribution in [0, 0.1) is 11.8 Å². The molecule has 4 N–H and O–H groups in total. The molecule has 1 aliphatic heterocycles. The topological polar surface area (TPSA) is 84.2 Å². The van der Waals surface area contributed by atoms with Crippen LogP contribution >= 0.6 is 0 Å². The van der Waals surface area contributed by atoms with Gasteiger partial charge in [-0.3, -0.25) is 9.59 Å². The van der Waals surface area contributed by atoms with E-state index in [0.29, 0.717) is 25.4 Å². The Kier molecular flexibility index (Phi) is 5.19. The van der Waals surface area contributed by atoms with Crippen LogP contribution in [0.2, 0.25) is 0 Å². The van der Waals surface area contributed by atoms with Crippen LogP contribution in [0.25, 0.3) is 0 Å². The summed E-state index contributed by atoms with van der Waals surface area (Å²) in [6, 6.07) is 6.15. The second kappa shape index (κ2) is 7.34. The van der Waals surface area contributed by atoms with Gasteiger partial charge < -0.3 is 16.4 Å². The predicted molar refractivity (Wildman–Crippen MR) is 94.7 cm³/mol. The van der Waals surface area contributed by atoms with Crippen molar-refractivity contribution >= 4 is 17.5 Å². The Labute approximate surface area is 143 Å². The number of carbonyl (C=O) groups excluding carboxylic acids is 2. The number of rotatable bonds is 6. The number of benzene rings is 1. The first-order valence-electron chi connectivity index (χ1n) is 9.05. The van der Waals surface area contributed by atoms with Crippen molar-refractivity contribution in [3.05, 3.63) is 29.3 Å². The van der Waals surface area contributed by atoms with Gasteiger partial charge in [0.2, 0.25) is 11.8 Å². The molecule has 1 saturated carbocycles. The number of nitrogens with one attached hydrogen (secondary N) is 2. The molecule has 3 atom stereocenters. The summed E-state index contributed by atoms with van der Waals surface area (Å²) in [7, 11) is 0. The fourth-order valence-corrected chi connectivity index (χ4v) is 4.02. The Hall–Kier alpha value is -1.88. The smallest absolute Gasteiger partial charge is 0.232 e. The number of hydrogen-bond acceptors (Lipinski definition) is 3. The monoisotopic (exact) mass is 329 g/mol. The van der Waals surface area contributed by atoms with Crippen molar-refractivity contribution in [3.8, 4) is 0 Å². The lowest BCUT2D eigenvalue weighted by Crippen LogP contribution is -2.36. The highest BCUT2D eigenvalue weighted by molar-refractivity contribution is 6.02. The van der Waals surface area contributed by atoms with Gasteiger partial charge in [0.15, 0.2) is 0 Å². The molecule has 0 spiro atoms. The highest BCUT2D eigenvalue weighted by Gasteiger charge is 2.33. The van der Waals surface area contributed by atoms with E-state index in [4.69, 9.17) is 5.73 Å². The molecule has 0 saturated heterocycles. The van der Waals surface area contributed by atoms with Crippen LogP contribution < -0.4 is 16.4 Å². The van der Waals surface area contributed by atoms with Crippen molar-refractivity contribution in [2.75, 3.05) is 18.4 Å². The van der Waals surface area contributed by atoms with Crippen LogP contribution in [-0.2, 0) is 16.0 Å². The average Bonchev–Trinajstić information content (AvgIpc) is 3.18. The number of aryl methyl sites for hydroxylation is 1. The summed E-state index contributed by atoms with van der Waals surface area (Å²) < 4.78 is 0. The van der Waals surface area contributed by atoms with Gasteiger partial charge >= 0.3 is 0 Å². The molecule has 1 aromatic carbocycles. The maximum absolute atomic E-state index is 12.3. The molecule has 3 rings (SSSR count). The van der Waals surface area contributed by atoms with E-state index >= 15 is 0 Å².